The normalized spacial score (nSPS) is 10.9. The SMILES string of the molecule is Cc1cc(/C=N/NC(=O)COc2cccc(Br)c2)c(C)n1-c1ccccc1C(=O)O. The number of aromatic carboxylic acids is 1. The van der Waals surface area contributed by atoms with E-state index in [1.807, 2.05) is 36.6 Å². The summed E-state index contributed by atoms with van der Waals surface area (Å²) in [5.74, 6) is -0.813. The van der Waals surface area contributed by atoms with Gasteiger partial charge in [-0.15, -0.1) is 0 Å². The van der Waals surface area contributed by atoms with Crippen molar-refractivity contribution in [1.82, 2.24) is 9.99 Å². The number of nitrogens with zero attached hydrogens (tertiary/aromatic N) is 2. The minimum absolute atomic E-state index is 0.168. The number of rotatable bonds is 7. The maximum atomic E-state index is 12.0. The van der Waals surface area contributed by atoms with E-state index in [4.69, 9.17) is 4.74 Å². The number of halogens is 1. The molecule has 1 amide bonds. The molecule has 0 saturated heterocycles. The number of benzene rings is 2. The maximum absolute atomic E-state index is 12.0. The van der Waals surface area contributed by atoms with Crippen LogP contribution in [-0.2, 0) is 4.79 Å². The van der Waals surface area contributed by atoms with E-state index < -0.39 is 11.9 Å². The second-order valence-electron chi connectivity index (χ2n) is 6.52. The molecule has 3 aromatic rings. The molecule has 0 atom stereocenters. The molecule has 2 N–H and O–H groups in total. The highest BCUT2D eigenvalue weighted by Crippen LogP contribution is 2.23. The van der Waals surface area contributed by atoms with E-state index in [0.717, 1.165) is 21.4 Å². The van der Waals surface area contributed by atoms with Crippen LogP contribution in [0.1, 0.15) is 27.3 Å². The number of carboxylic acids is 1. The lowest BCUT2D eigenvalue weighted by Crippen LogP contribution is -2.24. The summed E-state index contributed by atoms with van der Waals surface area (Å²) in [6.07, 6.45) is 1.53. The van der Waals surface area contributed by atoms with Crippen molar-refractivity contribution < 1.29 is 19.4 Å². The highest BCUT2D eigenvalue weighted by Gasteiger charge is 2.15. The van der Waals surface area contributed by atoms with Crippen LogP contribution in [-0.4, -0.2) is 34.4 Å². The Balaban J connectivity index is 1.69. The number of hydrogen-bond donors (Lipinski definition) is 2. The maximum Gasteiger partial charge on any atom is 0.337 e. The quantitative estimate of drug-likeness (QED) is 0.402. The van der Waals surface area contributed by atoms with Crippen LogP contribution in [0.15, 0.2) is 64.2 Å². The second-order valence-corrected chi connectivity index (χ2v) is 7.44. The highest BCUT2D eigenvalue weighted by atomic mass is 79.9. The molecule has 0 aliphatic carbocycles. The molecule has 30 heavy (non-hydrogen) atoms. The molecule has 0 bridgehead atoms. The summed E-state index contributed by atoms with van der Waals surface area (Å²) in [7, 11) is 0. The van der Waals surface area contributed by atoms with Gasteiger partial charge < -0.3 is 14.4 Å². The summed E-state index contributed by atoms with van der Waals surface area (Å²) in [5, 5.41) is 13.5. The molecule has 0 aliphatic heterocycles. The molecule has 0 unspecified atom stereocenters. The molecule has 2 aromatic carbocycles. The van der Waals surface area contributed by atoms with Gasteiger partial charge in [0.1, 0.15) is 5.75 Å². The molecular weight excluding hydrogens is 450 g/mol. The lowest BCUT2D eigenvalue weighted by Gasteiger charge is -2.12. The number of aryl methyl sites for hydroxylation is 1. The topological polar surface area (TPSA) is 92.9 Å². The van der Waals surface area contributed by atoms with Crippen molar-refractivity contribution in [3.8, 4) is 11.4 Å². The zero-order valence-electron chi connectivity index (χ0n) is 16.4. The smallest absolute Gasteiger partial charge is 0.337 e. The largest absolute Gasteiger partial charge is 0.484 e. The number of nitrogens with one attached hydrogen (secondary N) is 1. The number of carboxylic acid groups (broad SMARTS) is 1. The van der Waals surface area contributed by atoms with Gasteiger partial charge >= 0.3 is 5.97 Å². The molecule has 3 rings (SSSR count). The molecule has 0 saturated carbocycles. The number of hydrogen-bond acceptors (Lipinski definition) is 4. The summed E-state index contributed by atoms with van der Waals surface area (Å²) >= 11 is 3.34. The standard InChI is InChI=1S/C22H20BrN3O4/c1-14-10-16(15(2)26(14)20-9-4-3-8-19(20)22(28)29)12-24-25-21(27)13-30-18-7-5-6-17(23)11-18/h3-12H,13H2,1-2H3,(H,25,27)(H,28,29)/b24-12+. The number of carbonyl (C=O) groups is 2. The number of hydrazone groups is 1. The molecule has 0 aliphatic rings. The van der Waals surface area contributed by atoms with Crippen molar-refractivity contribution in [3.63, 3.8) is 0 Å². The Labute approximate surface area is 182 Å². The third kappa shape index (κ3) is 4.96. The Kier molecular flexibility index (Phi) is 6.68. The Morgan fingerprint density at radius 1 is 1.17 bits per heavy atom. The lowest BCUT2D eigenvalue weighted by molar-refractivity contribution is -0.123. The second kappa shape index (κ2) is 9.41. The Bertz CT molecular complexity index is 1120. The van der Waals surface area contributed by atoms with E-state index >= 15 is 0 Å². The molecule has 0 fully saturated rings. The van der Waals surface area contributed by atoms with Crippen molar-refractivity contribution in [2.24, 2.45) is 5.10 Å². The van der Waals surface area contributed by atoms with Gasteiger partial charge in [-0.25, -0.2) is 10.2 Å². The van der Waals surface area contributed by atoms with Gasteiger partial charge in [0, 0.05) is 21.4 Å². The fraction of sp³-hybridized carbons (Fsp3) is 0.136. The molecule has 1 heterocycles. The fourth-order valence-electron chi connectivity index (χ4n) is 3.05. The Morgan fingerprint density at radius 2 is 1.93 bits per heavy atom. The van der Waals surface area contributed by atoms with Crippen molar-refractivity contribution in [2.75, 3.05) is 6.61 Å². The average Bonchev–Trinajstić information content (AvgIpc) is 2.99. The fourth-order valence-corrected chi connectivity index (χ4v) is 3.43. The first-order valence-electron chi connectivity index (χ1n) is 9.08. The molecule has 0 radical (unpaired) electrons. The summed E-state index contributed by atoms with van der Waals surface area (Å²) in [5.41, 5.74) is 5.64. The molecule has 1 aromatic heterocycles. The molecule has 7 nitrogen and oxygen atoms in total. The third-order valence-electron chi connectivity index (χ3n) is 4.40. The van der Waals surface area contributed by atoms with Gasteiger partial charge in [0.25, 0.3) is 5.91 Å². The van der Waals surface area contributed by atoms with E-state index in [1.54, 1.807) is 36.4 Å². The van der Waals surface area contributed by atoms with E-state index in [9.17, 15) is 14.7 Å². The van der Waals surface area contributed by atoms with Crippen molar-refractivity contribution in [1.29, 1.82) is 0 Å². The Morgan fingerprint density at radius 3 is 2.67 bits per heavy atom. The summed E-state index contributed by atoms with van der Waals surface area (Å²) in [4.78, 5) is 23.5. The highest BCUT2D eigenvalue weighted by molar-refractivity contribution is 9.10. The van der Waals surface area contributed by atoms with Crippen molar-refractivity contribution in [2.45, 2.75) is 13.8 Å². The zero-order valence-corrected chi connectivity index (χ0v) is 18.0. The van der Waals surface area contributed by atoms with Gasteiger partial charge in [-0.1, -0.05) is 34.1 Å². The van der Waals surface area contributed by atoms with E-state index in [1.165, 1.54) is 6.21 Å². The first-order chi connectivity index (χ1) is 14.4. The molecule has 154 valence electrons. The van der Waals surface area contributed by atoms with Crippen molar-refractivity contribution >= 4 is 34.0 Å². The van der Waals surface area contributed by atoms with Gasteiger partial charge in [-0.3, -0.25) is 4.79 Å². The Hall–Kier alpha value is -3.39. The number of aromatic nitrogens is 1. The number of carbonyl (C=O) groups excluding carboxylic acids is 1. The van der Waals surface area contributed by atoms with Gasteiger partial charge in [-0.05, 0) is 50.2 Å². The average molecular weight is 470 g/mol. The lowest BCUT2D eigenvalue weighted by atomic mass is 10.1. The van der Waals surface area contributed by atoms with Crippen LogP contribution >= 0.6 is 15.9 Å². The van der Waals surface area contributed by atoms with Gasteiger partial charge in [0.05, 0.1) is 17.5 Å². The summed E-state index contributed by atoms with van der Waals surface area (Å²) in [6, 6.07) is 15.9. The van der Waals surface area contributed by atoms with Gasteiger partial charge in [0.2, 0.25) is 0 Å². The van der Waals surface area contributed by atoms with Crippen LogP contribution in [0, 0.1) is 13.8 Å². The first kappa shape index (κ1) is 21.3. The predicted molar refractivity (Wildman–Crippen MR) is 118 cm³/mol. The van der Waals surface area contributed by atoms with Crippen LogP contribution in [0.2, 0.25) is 0 Å². The van der Waals surface area contributed by atoms with Crippen molar-refractivity contribution in [3.05, 3.63) is 81.6 Å². The van der Waals surface area contributed by atoms with Crippen LogP contribution in [0.25, 0.3) is 5.69 Å². The first-order valence-corrected chi connectivity index (χ1v) is 9.88. The van der Waals surface area contributed by atoms with E-state index in [-0.39, 0.29) is 12.2 Å². The predicted octanol–water partition coefficient (Wildman–Crippen LogP) is 4.08. The molecule has 8 heteroatoms. The van der Waals surface area contributed by atoms with E-state index in [0.29, 0.717) is 11.4 Å². The van der Waals surface area contributed by atoms with Crippen LogP contribution in [0.3, 0.4) is 0 Å². The minimum Gasteiger partial charge on any atom is -0.484 e. The van der Waals surface area contributed by atoms with Crippen LogP contribution in [0.4, 0.5) is 0 Å². The van der Waals surface area contributed by atoms with E-state index in [2.05, 4.69) is 26.5 Å². The number of para-hydroxylation sites is 1. The minimum atomic E-state index is -0.994. The number of ether oxygens (including phenoxy) is 1. The zero-order chi connectivity index (χ0) is 21.7. The summed E-state index contributed by atoms with van der Waals surface area (Å²) in [6.45, 7) is 3.58. The summed E-state index contributed by atoms with van der Waals surface area (Å²) < 4.78 is 8.13. The third-order valence-corrected chi connectivity index (χ3v) is 4.90. The monoisotopic (exact) mass is 469 g/mol. The molecule has 0 spiro atoms. The van der Waals surface area contributed by atoms with Gasteiger partial charge in [0.15, 0.2) is 6.61 Å². The van der Waals surface area contributed by atoms with Gasteiger partial charge in [-0.2, -0.15) is 5.10 Å². The van der Waals surface area contributed by atoms with Crippen LogP contribution < -0.4 is 10.2 Å². The molecular formula is C22H20BrN3O4. The van der Waals surface area contributed by atoms with Crippen LogP contribution in [0.5, 0.6) is 5.75 Å². The number of amides is 1.